The van der Waals surface area contributed by atoms with E-state index in [9.17, 15) is 18.0 Å². The Labute approximate surface area is 182 Å². The zero-order valence-corrected chi connectivity index (χ0v) is 19.1. The third-order valence-electron chi connectivity index (χ3n) is 5.74. The molecule has 1 aromatic heterocycles. The molecular formula is C21H29N5O4S. The Morgan fingerprint density at radius 2 is 1.74 bits per heavy atom. The van der Waals surface area contributed by atoms with Gasteiger partial charge in [0.25, 0.3) is 0 Å². The maximum atomic E-state index is 12.9. The summed E-state index contributed by atoms with van der Waals surface area (Å²) >= 11 is 0. The quantitative estimate of drug-likeness (QED) is 0.700. The van der Waals surface area contributed by atoms with Gasteiger partial charge in [-0.15, -0.1) is 0 Å². The first-order valence-electron chi connectivity index (χ1n) is 10.2. The maximum Gasteiger partial charge on any atom is 0.243 e. The van der Waals surface area contributed by atoms with E-state index in [4.69, 9.17) is 0 Å². The normalized spacial score (nSPS) is 15.6. The molecule has 2 aromatic rings. The molecule has 2 amide bonds. The average Bonchev–Trinajstić information content (AvgIpc) is 2.97. The molecular weight excluding hydrogens is 418 g/mol. The number of hydrogen-bond donors (Lipinski definition) is 2. The largest absolute Gasteiger partial charge is 0.352 e. The van der Waals surface area contributed by atoms with Crippen LogP contribution in [0.4, 0.5) is 5.69 Å². The third kappa shape index (κ3) is 5.13. The number of carbonyl (C=O) groups excluding carboxylic acids is 2. The Morgan fingerprint density at radius 3 is 2.26 bits per heavy atom. The van der Waals surface area contributed by atoms with E-state index in [1.54, 1.807) is 16.8 Å². The van der Waals surface area contributed by atoms with Crippen molar-refractivity contribution < 1.29 is 18.0 Å². The number of aryl methyl sites for hydroxylation is 2. The highest BCUT2D eigenvalue weighted by atomic mass is 32.2. The van der Waals surface area contributed by atoms with Gasteiger partial charge in [-0.2, -0.15) is 9.40 Å². The van der Waals surface area contributed by atoms with Crippen LogP contribution in [0.25, 0.3) is 0 Å². The van der Waals surface area contributed by atoms with Gasteiger partial charge in [-0.25, -0.2) is 8.42 Å². The Morgan fingerprint density at radius 1 is 1.13 bits per heavy atom. The van der Waals surface area contributed by atoms with Gasteiger partial charge in [-0.05, 0) is 51.0 Å². The van der Waals surface area contributed by atoms with Crippen molar-refractivity contribution in [1.29, 1.82) is 0 Å². The fraction of sp³-hybridized carbons (Fsp3) is 0.476. The first-order chi connectivity index (χ1) is 14.6. The molecule has 1 aromatic carbocycles. The zero-order valence-electron chi connectivity index (χ0n) is 18.3. The van der Waals surface area contributed by atoms with E-state index in [1.807, 2.05) is 20.9 Å². The van der Waals surface area contributed by atoms with Crippen molar-refractivity contribution in [2.45, 2.75) is 45.1 Å². The van der Waals surface area contributed by atoms with Gasteiger partial charge >= 0.3 is 0 Å². The summed E-state index contributed by atoms with van der Waals surface area (Å²) in [6.07, 6.45) is 0.945. The number of sulfonamides is 1. The molecule has 0 aliphatic carbocycles. The van der Waals surface area contributed by atoms with Gasteiger partial charge in [0.2, 0.25) is 21.8 Å². The lowest BCUT2D eigenvalue weighted by Crippen LogP contribution is -2.42. The van der Waals surface area contributed by atoms with Crippen molar-refractivity contribution in [2.24, 2.45) is 13.0 Å². The van der Waals surface area contributed by atoms with Gasteiger partial charge < -0.3 is 10.6 Å². The molecule has 0 atom stereocenters. The van der Waals surface area contributed by atoms with Crippen LogP contribution in [0.5, 0.6) is 0 Å². The standard InChI is InChI=1S/C21H29N5O4S/c1-14-20(15(2)25(4)24-14)13-22-21(28)17-9-11-26(12-10-17)31(29,30)19-7-5-18(6-8-19)23-16(3)27/h5-8,17H,9-13H2,1-4H3,(H,22,28)(H,23,27). The van der Waals surface area contributed by atoms with E-state index in [1.165, 1.54) is 23.4 Å². The molecule has 10 heteroatoms. The van der Waals surface area contributed by atoms with E-state index < -0.39 is 10.0 Å². The van der Waals surface area contributed by atoms with Crippen molar-refractivity contribution in [1.82, 2.24) is 19.4 Å². The van der Waals surface area contributed by atoms with E-state index in [0.717, 1.165) is 17.0 Å². The maximum absolute atomic E-state index is 12.9. The number of hydrogen-bond acceptors (Lipinski definition) is 5. The summed E-state index contributed by atoms with van der Waals surface area (Å²) in [5.41, 5.74) is 3.47. The summed E-state index contributed by atoms with van der Waals surface area (Å²) in [4.78, 5) is 23.9. The van der Waals surface area contributed by atoms with E-state index >= 15 is 0 Å². The Bertz CT molecular complexity index is 1070. The van der Waals surface area contributed by atoms with Crippen LogP contribution in [0.1, 0.15) is 36.7 Å². The van der Waals surface area contributed by atoms with Gasteiger partial charge in [0.15, 0.2) is 0 Å². The van der Waals surface area contributed by atoms with Crippen molar-refractivity contribution >= 4 is 27.5 Å². The minimum atomic E-state index is -3.64. The lowest BCUT2D eigenvalue weighted by atomic mass is 9.97. The first-order valence-corrected chi connectivity index (χ1v) is 11.7. The number of aromatic nitrogens is 2. The van der Waals surface area contributed by atoms with Gasteiger partial charge in [-0.3, -0.25) is 14.3 Å². The van der Waals surface area contributed by atoms with Crippen LogP contribution in [-0.4, -0.2) is 47.4 Å². The molecule has 1 fully saturated rings. The van der Waals surface area contributed by atoms with Crippen LogP contribution < -0.4 is 10.6 Å². The molecule has 1 saturated heterocycles. The molecule has 0 unspecified atom stereocenters. The average molecular weight is 448 g/mol. The lowest BCUT2D eigenvalue weighted by molar-refractivity contribution is -0.126. The van der Waals surface area contributed by atoms with E-state index in [2.05, 4.69) is 15.7 Å². The number of carbonyl (C=O) groups is 2. The first kappa shape index (κ1) is 23.0. The molecule has 0 bridgehead atoms. The number of benzene rings is 1. The monoisotopic (exact) mass is 447 g/mol. The topological polar surface area (TPSA) is 113 Å². The molecule has 1 aliphatic rings. The summed E-state index contributed by atoms with van der Waals surface area (Å²) < 4.78 is 29.0. The van der Waals surface area contributed by atoms with E-state index in [0.29, 0.717) is 38.2 Å². The Hall–Kier alpha value is -2.72. The molecule has 9 nitrogen and oxygen atoms in total. The van der Waals surface area contributed by atoms with Gasteiger partial charge in [-0.1, -0.05) is 0 Å². The number of anilines is 1. The number of nitrogens with one attached hydrogen (secondary N) is 2. The Balaban J connectivity index is 1.56. The summed E-state index contributed by atoms with van der Waals surface area (Å²) in [5.74, 6) is -0.491. The number of amides is 2. The molecule has 3 rings (SSSR count). The highest BCUT2D eigenvalue weighted by Crippen LogP contribution is 2.25. The molecule has 1 aliphatic heterocycles. The molecule has 0 saturated carbocycles. The van der Waals surface area contributed by atoms with Gasteiger partial charge in [0, 0.05) is 56.5 Å². The molecule has 2 N–H and O–H groups in total. The van der Waals surface area contributed by atoms with Crippen molar-refractivity contribution in [3.05, 3.63) is 41.2 Å². The lowest BCUT2D eigenvalue weighted by Gasteiger charge is -2.30. The molecule has 2 heterocycles. The predicted molar refractivity (Wildman–Crippen MR) is 117 cm³/mol. The SMILES string of the molecule is CC(=O)Nc1ccc(S(=O)(=O)N2CCC(C(=O)NCc3c(C)nn(C)c3C)CC2)cc1. The fourth-order valence-electron chi connectivity index (χ4n) is 3.81. The highest BCUT2D eigenvalue weighted by Gasteiger charge is 2.32. The number of nitrogens with zero attached hydrogens (tertiary/aromatic N) is 3. The summed E-state index contributed by atoms with van der Waals surface area (Å²) in [6, 6.07) is 6.10. The van der Waals surface area contributed by atoms with E-state index in [-0.39, 0.29) is 22.6 Å². The highest BCUT2D eigenvalue weighted by molar-refractivity contribution is 7.89. The van der Waals surface area contributed by atoms with Gasteiger partial charge in [0.1, 0.15) is 0 Å². The molecule has 168 valence electrons. The number of piperidine rings is 1. The fourth-order valence-corrected chi connectivity index (χ4v) is 5.28. The molecule has 0 radical (unpaired) electrons. The minimum Gasteiger partial charge on any atom is -0.352 e. The minimum absolute atomic E-state index is 0.0561. The second-order valence-corrected chi connectivity index (χ2v) is 9.81. The van der Waals surface area contributed by atoms with Crippen molar-refractivity contribution in [3.8, 4) is 0 Å². The predicted octanol–water partition coefficient (Wildman–Crippen LogP) is 1.71. The van der Waals surface area contributed by atoms with Crippen LogP contribution >= 0.6 is 0 Å². The third-order valence-corrected chi connectivity index (χ3v) is 7.65. The van der Waals surface area contributed by atoms with Crippen LogP contribution in [-0.2, 0) is 33.2 Å². The second kappa shape index (κ2) is 9.19. The van der Waals surface area contributed by atoms with Crippen LogP contribution in [0.2, 0.25) is 0 Å². The Kier molecular flexibility index (Phi) is 6.80. The molecule has 0 spiro atoms. The zero-order chi connectivity index (χ0) is 22.8. The van der Waals surface area contributed by atoms with Crippen molar-refractivity contribution in [3.63, 3.8) is 0 Å². The second-order valence-electron chi connectivity index (χ2n) is 7.87. The smallest absolute Gasteiger partial charge is 0.243 e. The summed E-state index contributed by atoms with van der Waals surface area (Å²) in [7, 11) is -1.77. The van der Waals surface area contributed by atoms with Crippen LogP contribution in [0, 0.1) is 19.8 Å². The van der Waals surface area contributed by atoms with Crippen molar-refractivity contribution in [2.75, 3.05) is 18.4 Å². The number of rotatable bonds is 6. The van der Waals surface area contributed by atoms with Crippen LogP contribution in [0.3, 0.4) is 0 Å². The summed E-state index contributed by atoms with van der Waals surface area (Å²) in [6.45, 7) is 6.28. The molecule has 31 heavy (non-hydrogen) atoms. The summed E-state index contributed by atoms with van der Waals surface area (Å²) in [5, 5.41) is 9.95. The van der Waals surface area contributed by atoms with Gasteiger partial charge in [0.05, 0.1) is 10.6 Å². The van der Waals surface area contributed by atoms with Crippen LogP contribution in [0.15, 0.2) is 29.2 Å².